The Morgan fingerprint density at radius 2 is 1.74 bits per heavy atom. The Morgan fingerprint density at radius 3 is 2.43 bits per heavy atom. The van der Waals surface area contributed by atoms with Gasteiger partial charge in [0.05, 0.1) is 0 Å². The topological polar surface area (TPSA) is 53.6 Å². The second-order valence-electron chi connectivity index (χ2n) is 5.43. The summed E-state index contributed by atoms with van der Waals surface area (Å²) >= 11 is 0. The second-order valence-corrected chi connectivity index (χ2v) is 5.43. The van der Waals surface area contributed by atoms with Crippen LogP contribution in [0.1, 0.15) is 0 Å². The number of ether oxygens (including phenoxy) is 1. The van der Waals surface area contributed by atoms with Crippen LogP contribution in [0.5, 0.6) is 5.75 Å². The summed E-state index contributed by atoms with van der Waals surface area (Å²) in [4.78, 5) is 14.3. The lowest BCUT2D eigenvalue weighted by Crippen LogP contribution is -2.43. The van der Waals surface area contributed by atoms with Crippen LogP contribution >= 0.6 is 0 Å². The zero-order chi connectivity index (χ0) is 15.9. The van der Waals surface area contributed by atoms with Gasteiger partial charge in [0.1, 0.15) is 5.75 Å². The van der Waals surface area contributed by atoms with Crippen LogP contribution in [0, 0.1) is 0 Å². The molecule has 5 nitrogen and oxygen atoms in total. The van der Waals surface area contributed by atoms with Gasteiger partial charge < -0.3 is 20.3 Å². The number of piperazine rings is 1. The first-order valence-corrected chi connectivity index (χ1v) is 7.85. The molecule has 120 valence electrons. The lowest BCUT2D eigenvalue weighted by molar-refractivity contribution is -0.118. The van der Waals surface area contributed by atoms with Gasteiger partial charge in [0, 0.05) is 37.6 Å². The molecule has 0 unspecified atom stereocenters. The molecule has 2 aromatic rings. The molecule has 0 aromatic heterocycles. The summed E-state index contributed by atoms with van der Waals surface area (Å²) in [6, 6.07) is 17.3. The van der Waals surface area contributed by atoms with Gasteiger partial charge in [-0.2, -0.15) is 0 Å². The third-order valence-electron chi connectivity index (χ3n) is 3.75. The Labute approximate surface area is 136 Å². The molecule has 23 heavy (non-hydrogen) atoms. The number of nitrogens with one attached hydrogen (secondary N) is 2. The smallest absolute Gasteiger partial charge is 0.262 e. The van der Waals surface area contributed by atoms with Crippen molar-refractivity contribution in [1.82, 2.24) is 5.32 Å². The Kier molecular flexibility index (Phi) is 5.11. The number of carbonyl (C=O) groups excluding carboxylic acids is 1. The number of nitrogens with zero attached hydrogens (tertiary/aromatic N) is 1. The first-order valence-electron chi connectivity index (χ1n) is 7.85. The van der Waals surface area contributed by atoms with Crippen LogP contribution < -0.4 is 20.3 Å². The highest BCUT2D eigenvalue weighted by Gasteiger charge is 2.10. The zero-order valence-electron chi connectivity index (χ0n) is 13.0. The minimum atomic E-state index is -0.163. The Hall–Kier alpha value is -2.53. The maximum absolute atomic E-state index is 11.9. The first kappa shape index (κ1) is 15.4. The largest absolute Gasteiger partial charge is 0.484 e. The standard InChI is InChI=1S/C18H21N3O2/c22-18(14-23-17-4-2-1-3-5-17)20-15-6-8-16(9-7-15)21-12-10-19-11-13-21/h1-9,19H,10-14H2,(H,20,22). The van der Waals surface area contributed by atoms with Crippen molar-refractivity contribution < 1.29 is 9.53 Å². The van der Waals surface area contributed by atoms with Crippen molar-refractivity contribution in [3.05, 3.63) is 54.6 Å². The van der Waals surface area contributed by atoms with E-state index in [1.54, 1.807) is 0 Å². The fourth-order valence-electron chi connectivity index (χ4n) is 2.54. The average Bonchev–Trinajstić information content (AvgIpc) is 2.62. The molecule has 1 aliphatic rings. The average molecular weight is 311 g/mol. The molecular formula is C18H21N3O2. The van der Waals surface area contributed by atoms with Gasteiger partial charge in [-0.25, -0.2) is 0 Å². The van der Waals surface area contributed by atoms with Crippen molar-refractivity contribution in [3.8, 4) is 5.75 Å². The summed E-state index contributed by atoms with van der Waals surface area (Å²) in [5.41, 5.74) is 1.97. The molecule has 5 heteroatoms. The van der Waals surface area contributed by atoms with Crippen LogP contribution in [-0.2, 0) is 4.79 Å². The first-order chi connectivity index (χ1) is 11.3. The second kappa shape index (κ2) is 7.65. The summed E-state index contributed by atoms with van der Waals surface area (Å²) in [6.45, 7) is 4.04. The van der Waals surface area contributed by atoms with Gasteiger partial charge in [-0.05, 0) is 36.4 Å². The maximum atomic E-state index is 11.9. The minimum absolute atomic E-state index is 0.00353. The molecule has 0 atom stereocenters. The van der Waals surface area contributed by atoms with Crippen molar-refractivity contribution in [3.63, 3.8) is 0 Å². The Bertz CT molecular complexity index is 622. The monoisotopic (exact) mass is 311 g/mol. The van der Waals surface area contributed by atoms with Gasteiger partial charge >= 0.3 is 0 Å². The molecule has 1 heterocycles. The maximum Gasteiger partial charge on any atom is 0.262 e. The van der Waals surface area contributed by atoms with Crippen LogP contribution in [0.4, 0.5) is 11.4 Å². The van der Waals surface area contributed by atoms with E-state index >= 15 is 0 Å². The predicted molar refractivity (Wildman–Crippen MR) is 92.1 cm³/mol. The molecule has 0 radical (unpaired) electrons. The fourth-order valence-corrected chi connectivity index (χ4v) is 2.54. The SMILES string of the molecule is O=C(COc1ccccc1)Nc1ccc(N2CCNCC2)cc1. The zero-order valence-corrected chi connectivity index (χ0v) is 13.0. The van der Waals surface area contributed by atoms with E-state index in [-0.39, 0.29) is 12.5 Å². The van der Waals surface area contributed by atoms with Crippen LogP contribution in [0.15, 0.2) is 54.6 Å². The van der Waals surface area contributed by atoms with E-state index in [1.807, 2.05) is 54.6 Å². The highest BCUT2D eigenvalue weighted by Crippen LogP contribution is 2.18. The molecule has 2 aromatic carbocycles. The fraction of sp³-hybridized carbons (Fsp3) is 0.278. The molecule has 0 aliphatic carbocycles. The minimum Gasteiger partial charge on any atom is -0.484 e. The molecular weight excluding hydrogens is 290 g/mol. The normalized spacial score (nSPS) is 14.3. The van der Waals surface area contributed by atoms with Crippen molar-refractivity contribution in [2.75, 3.05) is 43.0 Å². The number of hydrogen-bond acceptors (Lipinski definition) is 4. The Morgan fingerprint density at radius 1 is 1.04 bits per heavy atom. The summed E-state index contributed by atoms with van der Waals surface area (Å²) in [6.07, 6.45) is 0. The highest BCUT2D eigenvalue weighted by molar-refractivity contribution is 5.92. The van der Waals surface area contributed by atoms with Crippen molar-refractivity contribution in [1.29, 1.82) is 0 Å². The number of amides is 1. The highest BCUT2D eigenvalue weighted by atomic mass is 16.5. The van der Waals surface area contributed by atoms with Crippen molar-refractivity contribution >= 4 is 17.3 Å². The van der Waals surface area contributed by atoms with Crippen molar-refractivity contribution in [2.45, 2.75) is 0 Å². The van der Waals surface area contributed by atoms with E-state index in [4.69, 9.17) is 4.74 Å². The molecule has 1 fully saturated rings. The van der Waals surface area contributed by atoms with Gasteiger partial charge in [-0.3, -0.25) is 4.79 Å². The Balaban J connectivity index is 1.50. The number of hydrogen-bond donors (Lipinski definition) is 2. The van der Waals surface area contributed by atoms with E-state index < -0.39 is 0 Å². The van der Waals surface area contributed by atoms with Gasteiger partial charge in [0.15, 0.2) is 6.61 Å². The van der Waals surface area contributed by atoms with Crippen LogP contribution in [0.2, 0.25) is 0 Å². The summed E-state index contributed by atoms with van der Waals surface area (Å²) in [5.74, 6) is 0.528. The number of carbonyl (C=O) groups is 1. The van der Waals surface area contributed by atoms with E-state index in [0.717, 1.165) is 31.9 Å². The lowest BCUT2D eigenvalue weighted by Gasteiger charge is -2.29. The number of rotatable bonds is 5. The summed E-state index contributed by atoms with van der Waals surface area (Å²) in [7, 11) is 0. The summed E-state index contributed by atoms with van der Waals surface area (Å²) in [5, 5.41) is 6.18. The molecule has 1 saturated heterocycles. The predicted octanol–water partition coefficient (Wildman–Crippen LogP) is 2.11. The number of benzene rings is 2. The van der Waals surface area contributed by atoms with Crippen LogP contribution in [0.3, 0.4) is 0 Å². The van der Waals surface area contributed by atoms with Gasteiger partial charge in [0.2, 0.25) is 0 Å². The third kappa shape index (κ3) is 4.47. The molecule has 1 aliphatic heterocycles. The molecule has 0 spiro atoms. The molecule has 3 rings (SSSR count). The number of anilines is 2. The van der Waals surface area contributed by atoms with Gasteiger partial charge in [-0.15, -0.1) is 0 Å². The quantitative estimate of drug-likeness (QED) is 0.888. The van der Waals surface area contributed by atoms with E-state index in [1.165, 1.54) is 5.69 Å². The molecule has 0 saturated carbocycles. The molecule has 0 bridgehead atoms. The van der Waals surface area contributed by atoms with Crippen molar-refractivity contribution in [2.24, 2.45) is 0 Å². The summed E-state index contributed by atoms with van der Waals surface area (Å²) < 4.78 is 5.43. The molecule has 2 N–H and O–H groups in total. The third-order valence-corrected chi connectivity index (χ3v) is 3.75. The van der Waals surface area contributed by atoms with Crippen LogP contribution in [0.25, 0.3) is 0 Å². The lowest BCUT2D eigenvalue weighted by atomic mass is 10.2. The number of para-hydroxylation sites is 1. The van der Waals surface area contributed by atoms with Gasteiger partial charge in [0.25, 0.3) is 5.91 Å². The van der Waals surface area contributed by atoms with E-state index in [9.17, 15) is 4.79 Å². The van der Waals surface area contributed by atoms with Crippen LogP contribution in [-0.4, -0.2) is 38.7 Å². The van der Waals surface area contributed by atoms with E-state index in [0.29, 0.717) is 5.75 Å². The van der Waals surface area contributed by atoms with E-state index in [2.05, 4.69) is 15.5 Å². The van der Waals surface area contributed by atoms with Gasteiger partial charge in [-0.1, -0.05) is 18.2 Å². The molecule has 1 amide bonds.